The minimum absolute atomic E-state index is 0.387. The number of nitrogens with two attached hydrogens (primary N) is 1. The van der Waals surface area contributed by atoms with Crippen LogP contribution in [0.5, 0.6) is 0 Å². The Labute approximate surface area is 112 Å². The number of hydrogen-bond donors (Lipinski definition) is 2. The molecule has 1 rings (SSSR count). The van der Waals surface area contributed by atoms with Crippen molar-refractivity contribution in [3.05, 3.63) is 34.9 Å². The molecule has 2 unspecified atom stereocenters. The van der Waals surface area contributed by atoms with Crippen molar-refractivity contribution >= 4 is 0 Å². The van der Waals surface area contributed by atoms with Crippen LogP contribution >= 0.6 is 0 Å². The highest BCUT2D eigenvalue weighted by Crippen LogP contribution is 2.19. The number of hydrogen-bond acceptors (Lipinski definition) is 2. The Kier molecular flexibility index (Phi) is 5.83. The van der Waals surface area contributed by atoms with Gasteiger partial charge >= 0.3 is 0 Å². The predicted octanol–water partition coefficient (Wildman–Crippen LogP) is 3.18. The minimum Gasteiger partial charge on any atom is -0.330 e. The summed E-state index contributed by atoms with van der Waals surface area (Å²) in [6, 6.07) is 7.05. The van der Waals surface area contributed by atoms with E-state index in [0.717, 1.165) is 13.1 Å². The second kappa shape index (κ2) is 6.91. The molecule has 102 valence electrons. The molecule has 0 fully saturated rings. The first kappa shape index (κ1) is 15.2. The first-order valence-electron chi connectivity index (χ1n) is 6.96. The van der Waals surface area contributed by atoms with E-state index in [0.29, 0.717) is 17.9 Å². The average Bonchev–Trinajstić information content (AvgIpc) is 2.28. The number of benzene rings is 1. The smallest absolute Gasteiger partial charge is 0.0294 e. The zero-order valence-corrected chi connectivity index (χ0v) is 12.5. The van der Waals surface area contributed by atoms with Crippen molar-refractivity contribution in [3.8, 4) is 0 Å². The Morgan fingerprint density at radius 1 is 1.17 bits per heavy atom. The molecule has 3 N–H and O–H groups in total. The number of nitrogens with one attached hydrogen (secondary N) is 1. The second-order valence-electron chi connectivity index (χ2n) is 5.73. The summed E-state index contributed by atoms with van der Waals surface area (Å²) in [7, 11) is 0. The highest BCUT2D eigenvalue weighted by molar-refractivity contribution is 5.32. The standard InChI is InChI=1S/C16H28N2/c1-11(2)15(9-17)10-18-14(5)16-7-6-12(3)8-13(16)4/h6-8,11,14-15,18H,9-10,17H2,1-5H3. The maximum atomic E-state index is 5.81. The van der Waals surface area contributed by atoms with Crippen LogP contribution in [0.15, 0.2) is 18.2 Å². The Bertz CT molecular complexity index is 371. The molecule has 0 radical (unpaired) electrons. The first-order valence-corrected chi connectivity index (χ1v) is 6.96. The van der Waals surface area contributed by atoms with Gasteiger partial charge in [-0.25, -0.2) is 0 Å². The zero-order valence-electron chi connectivity index (χ0n) is 12.5. The lowest BCUT2D eigenvalue weighted by molar-refractivity contribution is 0.356. The summed E-state index contributed by atoms with van der Waals surface area (Å²) < 4.78 is 0. The van der Waals surface area contributed by atoms with E-state index in [4.69, 9.17) is 5.73 Å². The van der Waals surface area contributed by atoms with E-state index in [2.05, 4.69) is 58.1 Å². The van der Waals surface area contributed by atoms with Crippen molar-refractivity contribution in [2.45, 2.75) is 40.7 Å². The molecule has 0 aliphatic carbocycles. The summed E-state index contributed by atoms with van der Waals surface area (Å²) in [5, 5.41) is 3.61. The molecule has 1 aromatic carbocycles. The van der Waals surface area contributed by atoms with Gasteiger partial charge in [0.05, 0.1) is 0 Å². The summed E-state index contributed by atoms with van der Waals surface area (Å²) >= 11 is 0. The van der Waals surface area contributed by atoms with Gasteiger partial charge in [-0.15, -0.1) is 0 Å². The average molecular weight is 248 g/mol. The molecular weight excluding hydrogens is 220 g/mol. The molecule has 0 aliphatic heterocycles. The molecule has 0 bridgehead atoms. The molecule has 2 atom stereocenters. The van der Waals surface area contributed by atoms with Gasteiger partial charge in [-0.3, -0.25) is 0 Å². The zero-order chi connectivity index (χ0) is 13.7. The van der Waals surface area contributed by atoms with E-state index in [9.17, 15) is 0 Å². The van der Waals surface area contributed by atoms with Crippen molar-refractivity contribution in [2.24, 2.45) is 17.6 Å². The lowest BCUT2D eigenvalue weighted by Gasteiger charge is -2.23. The van der Waals surface area contributed by atoms with E-state index in [-0.39, 0.29) is 0 Å². The van der Waals surface area contributed by atoms with Crippen molar-refractivity contribution < 1.29 is 0 Å². The van der Waals surface area contributed by atoms with Crippen LogP contribution in [0.1, 0.15) is 43.5 Å². The molecule has 0 heterocycles. The fourth-order valence-corrected chi connectivity index (χ4v) is 2.34. The highest BCUT2D eigenvalue weighted by Gasteiger charge is 2.14. The topological polar surface area (TPSA) is 38.0 Å². The van der Waals surface area contributed by atoms with Crippen molar-refractivity contribution in [1.82, 2.24) is 5.32 Å². The number of aryl methyl sites for hydroxylation is 2. The molecule has 0 saturated carbocycles. The fourth-order valence-electron chi connectivity index (χ4n) is 2.34. The van der Waals surface area contributed by atoms with Crippen LogP contribution in [-0.4, -0.2) is 13.1 Å². The molecule has 2 nitrogen and oxygen atoms in total. The van der Waals surface area contributed by atoms with E-state index in [1.165, 1.54) is 16.7 Å². The summed E-state index contributed by atoms with van der Waals surface area (Å²) in [6.07, 6.45) is 0. The van der Waals surface area contributed by atoms with E-state index < -0.39 is 0 Å². The van der Waals surface area contributed by atoms with Crippen LogP contribution in [0.2, 0.25) is 0 Å². The van der Waals surface area contributed by atoms with Gasteiger partial charge in [0.15, 0.2) is 0 Å². The third-order valence-corrected chi connectivity index (χ3v) is 3.82. The quantitative estimate of drug-likeness (QED) is 0.811. The molecule has 18 heavy (non-hydrogen) atoms. The van der Waals surface area contributed by atoms with E-state index in [1.54, 1.807) is 0 Å². The van der Waals surface area contributed by atoms with Crippen LogP contribution in [0.3, 0.4) is 0 Å². The lowest BCUT2D eigenvalue weighted by atomic mass is 9.94. The third-order valence-electron chi connectivity index (χ3n) is 3.82. The molecular formula is C16H28N2. The maximum Gasteiger partial charge on any atom is 0.0294 e. The van der Waals surface area contributed by atoms with Gasteiger partial charge in [0.2, 0.25) is 0 Å². The van der Waals surface area contributed by atoms with Gasteiger partial charge in [-0.2, -0.15) is 0 Å². The molecule has 0 aliphatic rings. The second-order valence-corrected chi connectivity index (χ2v) is 5.73. The van der Waals surface area contributed by atoms with Crippen LogP contribution in [0.4, 0.5) is 0 Å². The Morgan fingerprint density at radius 2 is 1.83 bits per heavy atom. The van der Waals surface area contributed by atoms with Crippen LogP contribution in [0.25, 0.3) is 0 Å². The largest absolute Gasteiger partial charge is 0.330 e. The minimum atomic E-state index is 0.387. The summed E-state index contributed by atoms with van der Waals surface area (Å²) in [5.74, 6) is 1.19. The number of rotatable bonds is 6. The molecule has 0 spiro atoms. The SMILES string of the molecule is Cc1ccc(C(C)NCC(CN)C(C)C)c(C)c1. The Hall–Kier alpha value is -0.860. The van der Waals surface area contributed by atoms with Crippen molar-refractivity contribution in [1.29, 1.82) is 0 Å². The van der Waals surface area contributed by atoms with Crippen molar-refractivity contribution in [2.75, 3.05) is 13.1 Å². The summed E-state index contributed by atoms with van der Waals surface area (Å²) in [6.45, 7) is 12.8. The van der Waals surface area contributed by atoms with Crippen LogP contribution < -0.4 is 11.1 Å². The van der Waals surface area contributed by atoms with Gasteiger partial charge in [-0.1, -0.05) is 37.6 Å². The molecule has 0 saturated heterocycles. The molecule has 0 amide bonds. The summed E-state index contributed by atoms with van der Waals surface area (Å²) in [5.41, 5.74) is 9.89. The monoisotopic (exact) mass is 248 g/mol. The highest BCUT2D eigenvalue weighted by atomic mass is 14.9. The molecule has 2 heteroatoms. The Balaban J connectivity index is 2.62. The van der Waals surface area contributed by atoms with Crippen molar-refractivity contribution in [3.63, 3.8) is 0 Å². The van der Waals surface area contributed by atoms with Crippen LogP contribution in [0, 0.1) is 25.7 Å². The lowest BCUT2D eigenvalue weighted by Crippen LogP contribution is -2.33. The normalized spacial score (nSPS) is 14.8. The van der Waals surface area contributed by atoms with Gasteiger partial charge in [0.25, 0.3) is 0 Å². The first-order chi connectivity index (χ1) is 8.45. The van der Waals surface area contributed by atoms with Gasteiger partial charge < -0.3 is 11.1 Å². The van der Waals surface area contributed by atoms with Gasteiger partial charge in [0, 0.05) is 6.04 Å². The van der Waals surface area contributed by atoms with Gasteiger partial charge in [0.1, 0.15) is 0 Å². The fraction of sp³-hybridized carbons (Fsp3) is 0.625. The Morgan fingerprint density at radius 3 is 2.33 bits per heavy atom. The molecule has 1 aromatic rings. The maximum absolute atomic E-state index is 5.81. The molecule has 0 aromatic heterocycles. The van der Waals surface area contributed by atoms with Crippen LogP contribution in [-0.2, 0) is 0 Å². The van der Waals surface area contributed by atoms with E-state index >= 15 is 0 Å². The summed E-state index contributed by atoms with van der Waals surface area (Å²) in [4.78, 5) is 0. The van der Waals surface area contributed by atoms with Gasteiger partial charge in [-0.05, 0) is 56.8 Å². The predicted molar refractivity (Wildman–Crippen MR) is 79.7 cm³/mol. The third kappa shape index (κ3) is 4.11. The van der Waals surface area contributed by atoms with E-state index in [1.807, 2.05) is 0 Å².